The maximum absolute atomic E-state index is 14.8. The van der Waals surface area contributed by atoms with E-state index >= 15 is 0 Å². The molecule has 0 spiro atoms. The smallest absolute Gasteiger partial charge is 0.326 e. The molecule has 36 nitrogen and oxygen atoms in total. The van der Waals surface area contributed by atoms with Gasteiger partial charge in [0.2, 0.25) is 70.9 Å². The van der Waals surface area contributed by atoms with Gasteiger partial charge in [-0.15, -0.1) is 0 Å². The van der Waals surface area contributed by atoms with Gasteiger partial charge in [0.15, 0.2) is 0 Å². The van der Waals surface area contributed by atoms with E-state index in [4.69, 9.17) is 11.5 Å². The van der Waals surface area contributed by atoms with Crippen LogP contribution in [0.2, 0.25) is 0 Å². The summed E-state index contributed by atoms with van der Waals surface area (Å²) in [6.45, 7) is 0.208. The summed E-state index contributed by atoms with van der Waals surface area (Å²) in [7, 11) is 0. The molecule has 110 heavy (non-hydrogen) atoms. The minimum absolute atomic E-state index is 0.0146. The second-order valence-corrected chi connectivity index (χ2v) is 26.2. The highest BCUT2D eigenvalue weighted by atomic mass is 16.4. The van der Waals surface area contributed by atoms with Gasteiger partial charge in [-0.05, 0) is 83.3 Å². The Labute approximate surface area is 629 Å². The molecule has 1 aromatic heterocycles. The number of aromatic hydroxyl groups is 2. The van der Waals surface area contributed by atoms with Gasteiger partial charge in [0, 0.05) is 49.2 Å². The number of nitrogens with one attached hydrogen (secondary N) is 12. The highest BCUT2D eigenvalue weighted by molar-refractivity contribution is 6.00. The fraction of sp³-hybridized carbons (Fsp3) is 0.365. The van der Waals surface area contributed by atoms with Gasteiger partial charge in [0.1, 0.15) is 71.9 Å². The zero-order chi connectivity index (χ0) is 80.7. The number of hydrogen-bond donors (Lipinski definition) is 21. The summed E-state index contributed by atoms with van der Waals surface area (Å²) in [5, 5.41) is 97.0. The number of aliphatic hydroxyl groups is 2. The van der Waals surface area contributed by atoms with E-state index in [9.17, 15) is 108 Å². The van der Waals surface area contributed by atoms with E-state index in [0.717, 1.165) is 10.9 Å². The Bertz CT molecular complexity index is 4220. The third-order valence-corrected chi connectivity index (χ3v) is 17.0. The SMILES string of the molecule is CC(C)C[C@H](NC(=O)CNC(=O)[C@H](CCC(N)=O)NC(=O)[C@H](Cc1ccccc1)NC(=O)[C@H](Cc1ccc(O)cc1)NC(=O)[C@H](CO)NC(=O)[C@H](Cc1ccc(O)cc1)NC(=O)[C@H](Cc1ccccc1)NC(=O)[C@H](CC(=O)O)NC(=O)[C@H](CO)NC(=O)[C@@H](N)Cc1c[nH]c2ccccc12)C(=O)N[C@@H](CC(=O)O)C(=O)O. The molecule has 0 aliphatic rings. The van der Waals surface area contributed by atoms with E-state index in [1.165, 1.54) is 48.5 Å². The minimum Gasteiger partial charge on any atom is -0.508 e. The van der Waals surface area contributed by atoms with E-state index < -0.39 is 214 Å². The van der Waals surface area contributed by atoms with Gasteiger partial charge in [-0.2, -0.15) is 0 Å². The number of para-hydroxylation sites is 1. The number of carboxylic acids is 3. The molecule has 36 heteroatoms. The van der Waals surface area contributed by atoms with E-state index in [0.29, 0.717) is 16.7 Å². The molecular formula is C74H90N14O22. The minimum atomic E-state index is -2.00. The number of carbonyl (C=O) groups is 15. The number of aromatic nitrogens is 1. The molecule has 0 bridgehead atoms. The number of aliphatic carboxylic acids is 3. The molecule has 0 aliphatic carbocycles. The number of phenolic OH excluding ortho intramolecular Hbond substituents is 2. The number of amides is 12. The molecule has 0 radical (unpaired) electrons. The molecule has 0 fully saturated rings. The maximum atomic E-state index is 14.8. The summed E-state index contributed by atoms with van der Waals surface area (Å²) in [5.74, 6) is -18.7. The fourth-order valence-corrected chi connectivity index (χ4v) is 11.3. The molecule has 23 N–H and O–H groups in total. The summed E-state index contributed by atoms with van der Waals surface area (Å²) < 4.78 is 0. The lowest BCUT2D eigenvalue weighted by molar-refractivity contribution is -0.147. The molecular weight excluding hydrogens is 1440 g/mol. The van der Waals surface area contributed by atoms with Crippen molar-refractivity contribution < 1.29 is 108 Å². The predicted octanol–water partition coefficient (Wildman–Crippen LogP) is -3.29. The van der Waals surface area contributed by atoms with Gasteiger partial charge in [0.05, 0.1) is 38.6 Å². The maximum Gasteiger partial charge on any atom is 0.326 e. The summed E-state index contributed by atoms with van der Waals surface area (Å²) in [6.07, 6.45) is -3.11. The Morgan fingerprint density at radius 3 is 1.19 bits per heavy atom. The number of aromatic amines is 1. The van der Waals surface area contributed by atoms with Gasteiger partial charge < -0.3 is 111 Å². The van der Waals surface area contributed by atoms with Gasteiger partial charge in [-0.3, -0.25) is 67.1 Å². The summed E-state index contributed by atoms with van der Waals surface area (Å²) in [5.41, 5.74) is 14.5. The van der Waals surface area contributed by atoms with Crippen LogP contribution >= 0.6 is 0 Å². The fourth-order valence-electron chi connectivity index (χ4n) is 11.3. The molecule has 6 aromatic rings. The van der Waals surface area contributed by atoms with E-state index in [-0.39, 0.29) is 54.2 Å². The number of nitrogens with two attached hydrogens (primary N) is 2. The molecule has 0 saturated carbocycles. The number of phenols is 2. The van der Waals surface area contributed by atoms with Crippen LogP contribution in [-0.2, 0) is 104 Å². The normalized spacial score (nSPS) is 14.1. The van der Waals surface area contributed by atoms with Crippen molar-refractivity contribution >= 4 is 99.7 Å². The monoisotopic (exact) mass is 1530 g/mol. The van der Waals surface area contributed by atoms with Crippen molar-refractivity contribution in [1.29, 1.82) is 0 Å². The van der Waals surface area contributed by atoms with Crippen molar-refractivity contribution in [2.45, 2.75) is 145 Å². The zero-order valence-corrected chi connectivity index (χ0v) is 59.8. The number of carboxylic acid groups (broad SMARTS) is 3. The van der Waals surface area contributed by atoms with Crippen LogP contribution in [0.3, 0.4) is 0 Å². The molecule has 0 saturated heterocycles. The second-order valence-electron chi connectivity index (χ2n) is 26.2. The highest BCUT2D eigenvalue weighted by Gasteiger charge is 2.37. The summed E-state index contributed by atoms with van der Waals surface area (Å²) in [6, 6.07) is 14.8. The quantitative estimate of drug-likeness (QED) is 0.0178. The Kier molecular flexibility index (Phi) is 33.3. The van der Waals surface area contributed by atoms with Crippen molar-refractivity contribution in [2.24, 2.45) is 17.4 Å². The number of aliphatic hydroxyl groups excluding tert-OH is 2. The first-order valence-corrected chi connectivity index (χ1v) is 34.7. The third-order valence-electron chi connectivity index (χ3n) is 17.0. The van der Waals surface area contributed by atoms with Crippen LogP contribution in [0, 0.1) is 5.92 Å². The number of carbonyl (C=O) groups excluding carboxylic acids is 12. The first-order chi connectivity index (χ1) is 52.3. The second kappa shape index (κ2) is 42.5. The molecule has 0 aliphatic heterocycles. The van der Waals surface area contributed by atoms with Crippen LogP contribution in [0.5, 0.6) is 11.5 Å². The van der Waals surface area contributed by atoms with Crippen molar-refractivity contribution in [2.75, 3.05) is 19.8 Å². The van der Waals surface area contributed by atoms with Crippen LogP contribution in [0.25, 0.3) is 10.9 Å². The van der Waals surface area contributed by atoms with E-state index in [2.05, 4.69) is 63.5 Å². The standard InChI is InChI=1S/C74H90N14O22/c1-39(2)27-51(66(101)86-57(74(109)110)34-63(97)98)79-61(94)36-78-65(100)50(25-26-60(76)93)80-67(102)52(28-40-11-5-3-6-12-40)81-69(104)54(30-42-17-21-45(91)22-18-42)84-73(108)59(38-90)88-70(105)55(31-43-19-23-46(92)24-20-43)82-68(103)53(29-41-13-7-4-8-14-41)83-71(106)56(33-62(95)96)85-72(107)58(37-89)87-64(99)48(75)32-44-35-77-49-16-10-9-15-47(44)49/h3-24,35,39,48,50-59,77,89-92H,25-34,36-38,75H2,1-2H3,(H2,76,93)(H,78,100)(H,79,94)(H,80,102)(H,81,104)(H,82,103)(H,83,106)(H,84,108)(H,85,107)(H,86,101)(H,87,99)(H,88,105)(H,95,96)(H,97,98)(H,109,110)/t48-,50-,51-,52-,53-,54-,55-,56-,57-,58-,59-/m0/s1. The van der Waals surface area contributed by atoms with Crippen molar-refractivity contribution in [3.63, 3.8) is 0 Å². The van der Waals surface area contributed by atoms with Crippen LogP contribution in [-0.4, -0.2) is 216 Å². The highest BCUT2D eigenvalue weighted by Crippen LogP contribution is 2.20. The Balaban J connectivity index is 1.22. The van der Waals surface area contributed by atoms with Crippen molar-refractivity contribution in [3.8, 4) is 11.5 Å². The van der Waals surface area contributed by atoms with Crippen LogP contribution in [0.1, 0.15) is 73.8 Å². The number of H-pyrrole nitrogens is 1. The van der Waals surface area contributed by atoms with Crippen molar-refractivity contribution in [3.05, 3.63) is 167 Å². The summed E-state index contributed by atoms with van der Waals surface area (Å²) >= 11 is 0. The summed E-state index contributed by atoms with van der Waals surface area (Å²) in [4.78, 5) is 206. The number of rotatable bonds is 44. The molecule has 11 atom stereocenters. The topological polar surface area (TPSA) is 598 Å². The van der Waals surface area contributed by atoms with Crippen molar-refractivity contribution in [1.82, 2.24) is 63.5 Å². The van der Waals surface area contributed by atoms with E-state index in [1.54, 1.807) is 105 Å². The van der Waals surface area contributed by atoms with E-state index in [1.807, 2.05) is 0 Å². The van der Waals surface area contributed by atoms with Gasteiger partial charge in [0.25, 0.3) is 0 Å². The first kappa shape index (κ1) is 86.1. The van der Waals surface area contributed by atoms with Crippen LogP contribution in [0.15, 0.2) is 140 Å². The largest absolute Gasteiger partial charge is 0.508 e. The first-order valence-electron chi connectivity index (χ1n) is 34.7. The average Bonchev–Trinajstić information content (AvgIpc) is 1.67. The van der Waals surface area contributed by atoms with Gasteiger partial charge in [-0.25, -0.2) is 4.79 Å². The van der Waals surface area contributed by atoms with Gasteiger partial charge in [-0.1, -0.05) is 117 Å². The lowest BCUT2D eigenvalue weighted by Gasteiger charge is -2.28. The average molecular weight is 1530 g/mol. The Morgan fingerprint density at radius 2 is 0.764 bits per heavy atom. The van der Waals surface area contributed by atoms with Gasteiger partial charge >= 0.3 is 17.9 Å². The molecule has 0 unspecified atom stereocenters. The van der Waals surface area contributed by atoms with Crippen LogP contribution in [0.4, 0.5) is 0 Å². The molecule has 12 amide bonds. The lowest BCUT2D eigenvalue weighted by Crippen LogP contribution is -2.62. The molecule has 1 heterocycles. The predicted molar refractivity (Wildman–Crippen MR) is 390 cm³/mol. The zero-order valence-electron chi connectivity index (χ0n) is 59.8. The number of primary amides is 1. The molecule has 5 aromatic carbocycles. The Morgan fingerprint density at radius 1 is 0.400 bits per heavy atom. The lowest BCUT2D eigenvalue weighted by atomic mass is 10.0. The molecule has 6 rings (SSSR count). The number of fused-ring (bicyclic) bond motifs is 1. The third kappa shape index (κ3) is 28.1. The number of benzene rings is 5. The molecule has 588 valence electrons. The number of hydrogen-bond acceptors (Lipinski definition) is 20. The Hall–Kier alpha value is -12.8. The van der Waals surface area contributed by atoms with Crippen LogP contribution < -0.4 is 70.0 Å².